The van der Waals surface area contributed by atoms with Crippen molar-refractivity contribution < 1.29 is 23.9 Å². The summed E-state index contributed by atoms with van der Waals surface area (Å²) in [5.41, 5.74) is 0.449. The van der Waals surface area contributed by atoms with E-state index in [4.69, 9.17) is 9.47 Å². The molecule has 1 aliphatic carbocycles. The van der Waals surface area contributed by atoms with E-state index in [9.17, 15) is 14.4 Å². The highest BCUT2D eigenvalue weighted by molar-refractivity contribution is 6.23. The smallest absolute Gasteiger partial charge is 0.308 e. The molecule has 0 aromatic carbocycles. The van der Waals surface area contributed by atoms with E-state index in [1.165, 1.54) is 72.3 Å². The first-order valence-corrected chi connectivity index (χ1v) is 10.7. The molecule has 0 radical (unpaired) electrons. The molecule has 5 heteroatoms. The number of hydrogen-bond acceptors (Lipinski definition) is 5. The van der Waals surface area contributed by atoms with Crippen molar-refractivity contribution in [1.82, 2.24) is 0 Å². The third-order valence-corrected chi connectivity index (χ3v) is 5.12. The number of carbonyl (C=O) groups excluding carboxylic acids is 3. The van der Waals surface area contributed by atoms with Crippen LogP contribution in [0.15, 0.2) is 22.7 Å². The monoisotopic (exact) mass is 392 g/mol. The second-order valence-corrected chi connectivity index (χ2v) is 7.50. The number of unbranched alkanes of at least 4 members (excludes halogenated alkanes) is 10. The van der Waals surface area contributed by atoms with Crippen LogP contribution < -0.4 is 0 Å². The molecule has 1 rings (SSSR count). The van der Waals surface area contributed by atoms with Crippen LogP contribution in [0.2, 0.25) is 0 Å². The molecule has 0 atom stereocenters. The maximum absolute atomic E-state index is 12.6. The van der Waals surface area contributed by atoms with Crippen molar-refractivity contribution in [3.8, 4) is 0 Å². The summed E-state index contributed by atoms with van der Waals surface area (Å²) in [7, 11) is 1.38. The zero-order valence-electron chi connectivity index (χ0n) is 18.0. The van der Waals surface area contributed by atoms with Gasteiger partial charge in [0.1, 0.15) is 0 Å². The van der Waals surface area contributed by atoms with Gasteiger partial charge < -0.3 is 9.47 Å². The Morgan fingerprint density at radius 3 is 1.75 bits per heavy atom. The van der Waals surface area contributed by atoms with Crippen LogP contribution in [-0.4, -0.2) is 24.6 Å². The Bertz CT molecular complexity index is 612. The van der Waals surface area contributed by atoms with E-state index in [1.54, 1.807) is 0 Å². The van der Waals surface area contributed by atoms with Gasteiger partial charge in [0.05, 0.1) is 12.7 Å². The fraction of sp³-hybridized carbons (Fsp3) is 0.696. The van der Waals surface area contributed by atoms with Gasteiger partial charge in [-0.1, -0.05) is 71.1 Å². The number of carbonyl (C=O) groups is 3. The van der Waals surface area contributed by atoms with E-state index in [0.29, 0.717) is 6.42 Å². The zero-order chi connectivity index (χ0) is 20.9. The van der Waals surface area contributed by atoms with Crippen LogP contribution >= 0.6 is 0 Å². The van der Waals surface area contributed by atoms with Crippen molar-refractivity contribution in [2.24, 2.45) is 0 Å². The van der Waals surface area contributed by atoms with Gasteiger partial charge in [-0.15, -0.1) is 0 Å². The predicted molar refractivity (Wildman–Crippen MR) is 110 cm³/mol. The minimum absolute atomic E-state index is 0.0546. The molecule has 28 heavy (non-hydrogen) atoms. The molecule has 158 valence electrons. The summed E-state index contributed by atoms with van der Waals surface area (Å²) >= 11 is 0. The number of hydrogen-bond donors (Lipinski definition) is 0. The number of ketones is 2. The number of rotatable bonds is 14. The maximum atomic E-state index is 12.6. The highest BCUT2D eigenvalue weighted by Crippen LogP contribution is 2.29. The molecular formula is C23H36O5. The molecule has 1 aliphatic rings. The first-order chi connectivity index (χ1) is 13.4. The number of allylic oxidation sites excluding steroid dienone is 2. The Labute approximate surface area is 169 Å². The van der Waals surface area contributed by atoms with Gasteiger partial charge in [0.25, 0.3) is 0 Å². The zero-order valence-corrected chi connectivity index (χ0v) is 18.0. The molecule has 5 nitrogen and oxygen atoms in total. The lowest BCUT2D eigenvalue weighted by Gasteiger charge is -2.20. The second-order valence-electron chi connectivity index (χ2n) is 7.50. The van der Waals surface area contributed by atoms with E-state index in [1.807, 2.05) is 0 Å². The number of Topliss-reactive ketones (excluding diaryl/α,β-unsaturated/α-hetero) is 2. The number of methoxy groups -OCH3 is 1. The molecule has 0 spiro atoms. The Balaban J connectivity index is 2.45. The second kappa shape index (κ2) is 13.3. The third kappa shape index (κ3) is 7.61. The van der Waals surface area contributed by atoms with E-state index in [2.05, 4.69) is 6.92 Å². The summed E-state index contributed by atoms with van der Waals surface area (Å²) in [6.07, 6.45) is 13.7. The van der Waals surface area contributed by atoms with Crippen LogP contribution in [0.3, 0.4) is 0 Å². The molecule has 0 bridgehead atoms. The van der Waals surface area contributed by atoms with Crippen molar-refractivity contribution in [1.29, 1.82) is 0 Å². The third-order valence-electron chi connectivity index (χ3n) is 5.12. The molecule has 0 N–H and O–H groups in total. The van der Waals surface area contributed by atoms with Gasteiger partial charge in [-0.3, -0.25) is 14.4 Å². The maximum Gasteiger partial charge on any atom is 0.308 e. The summed E-state index contributed by atoms with van der Waals surface area (Å²) in [4.78, 5) is 36.5. The van der Waals surface area contributed by atoms with Crippen molar-refractivity contribution in [2.75, 3.05) is 7.11 Å². The van der Waals surface area contributed by atoms with E-state index >= 15 is 0 Å². The molecule has 0 amide bonds. The molecule has 0 heterocycles. The van der Waals surface area contributed by atoms with Gasteiger partial charge in [-0.25, -0.2) is 0 Å². The van der Waals surface area contributed by atoms with Gasteiger partial charge >= 0.3 is 5.97 Å². The van der Waals surface area contributed by atoms with Crippen molar-refractivity contribution >= 4 is 17.5 Å². The van der Waals surface area contributed by atoms with Crippen molar-refractivity contribution in [3.63, 3.8) is 0 Å². The fourth-order valence-corrected chi connectivity index (χ4v) is 3.51. The topological polar surface area (TPSA) is 69.7 Å². The summed E-state index contributed by atoms with van der Waals surface area (Å²) in [6, 6.07) is 0. The quantitative estimate of drug-likeness (QED) is 0.219. The predicted octanol–water partition coefficient (Wildman–Crippen LogP) is 5.58. The number of esters is 1. The van der Waals surface area contributed by atoms with Crippen molar-refractivity contribution in [2.45, 2.75) is 97.8 Å². The average Bonchev–Trinajstić information content (AvgIpc) is 2.66. The van der Waals surface area contributed by atoms with Crippen LogP contribution in [0.25, 0.3) is 0 Å². The van der Waals surface area contributed by atoms with Crippen LogP contribution in [-0.2, 0) is 23.9 Å². The Morgan fingerprint density at radius 1 is 0.786 bits per heavy atom. The normalized spacial score (nSPS) is 14.7. The Hall–Kier alpha value is -1.91. The van der Waals surface area contributed by atoms with Crippen molar-refractivity contribution in [3.05, 3.63) is 22.7 Å². The van der Waals surface area contributed by atoms with Gasteiger partial charge in [0.2, 0.25) is 11.6 Å². The molecule has 0 unspecified atom stereocenters. The summed E-state index contributed by atoms with van der Waals surface area (Å²) < 4.78 is 10.2. The SMILES string of the molecule is CCCCCCCCCCCCCC1=C(OC(C)=O)C(=O)C(C)=C(OC)C1=O. The standard InChI is InChI=1S/C23H36O5/c1-5-6-7-8-9-10-11-12-13-14-15-16-19-21(26)22(27-4)17(2)20(25)23(19)28-18(3)24/h5-16H2,1-4H3. The fourth-order valence-electron chi connectivity index (χ4n) is 3.51. The van der Waals surface area contributed by atoms with Crippen LogP contribution in [0.5, 0.6) is 0 Å². The molecular weight excluding hydrogens is 356 g/mol. The van der Waals surface area contributed by atoms with Gasteiger partial charge in [0, 0.05) is 12.5 Å². The summed E-state index contributed by atoms with van der Waals surface area (Å²) in [5.74, 6) is -1.45. The summed E-state index contributed by atoms with van der Waals surface area (Å²) in [6.45, 7) is 4.98. The lowest BCUT2D eigenvalue weighted by molar-refractivity contribution is -0.140. The van der Waals surface area contributed by atoms with Crippen LogP contribution in [0, 0.1) is 0 Å². The van der Waals surface area contributed by atoms with E-state index in [0.717, 1.165) is 19.3 Å². The lowest BCUT2D eigenvalue weighted by atomic mass is 9.90. The Kier molecular flexibility index (Phi) is 11.5. The molecule has 0 fully saturated rings. The average molecular weight is 393 g/mol. The molecule has 0 aromatic heterocycles. The molecule has 0 saturated heterocycles. The summed E-state index contributed by atoms with van der Waals surface area (Å²) in [5, 5.41) is 0. The minimum Gasteiger partial charge on any atom is -0.492 e. The first kappa shape index (κ1) is 24.1. The molecule has 0 aliphatic heterocycles. The van der Waals surface area contributed by atoms with E-state index in [-0.39, 0.29) is 28.4 Å². The highest BCUT2D eigenvalue weighted by atomic mass is 16.5. The minimum atomic E-state index is -0.596. The molecule has 0 saturated carbocycles. The Morgan fingerprint density at radius 2 is 1.29 bits per heavy atom. The largest absolute Gasteiger partial charge is 0.492 e. The molecule has 0 aromatic rings. The highest BCUT2D eigenvalue weighted by Gasteiger charge is 2.35. The van der Waals surface area contributed by atoms with Crippen LogP contribution in [0.1, 0.15) is 97.8 Å². The van der Waals surface area contributed by atoms with Gasteiger partial charge in [0.15, 0.2) is 11.5 Å². The first-order valence-electron chi connectivity index (χ1n) is 10.7. The lowest BCUT2D eigenvalue weighted by Crippen LogP contribution is -2.26. The van der Waals surface area contributed by atoms with E-state index < -0.39 is 11.8 Å². The van der Waals surface area contributed by atoms with Crippen LogP contribution in [0.4, 0.5) is 0 Å². The van der Waals surface area contributed by atoms with Gasteiger partial charge in [-0.05, 0) is 19.8 Å². The number of ether oxygens (including phenoxy) is 2. The van der Waals surface area contributed by atoms with Gasteiger partial charge in [-0.2, -0.15) is 0 Å².